The molecule has 0 aliphatic carbocycles. The molecule has 5 heteroatoms. The van der Waals surface area contributed by atoms with Crippen LogP contribution in [-0.4, -0.2) is 24.5 Å². The van der Waals surface area contributed by atoms with Crippen LogP contribution in [0.15, 0.2) is 41.3 Å². The molecule has 0 bridgehead atoms. The minimum atomic E-state index is -0.110. The molecule has 0 aliphatic rings. The Morgan fingerprint density at radius 1 is 1.39 bits per heavy atom. The lowest BCUT2D eigenvalue weighted by molar-refractivity contribution is 0.0954. The molecule has 18 heavy (non-hydrogen) atoms. The maximum absolute atomic E-state index is 11.8. The minimum absolute atomic E-state index is 0.110. The Balaban J connectivity index is 1.83. The van der Waals surface area contributed by atoms with Crippen LogP contribution in [-0.2, 0) is 6.42 Å². The van der Waals surface area contributed by atoms with E-state index < -0.39 is 0 Å². The Bertz CT molecular complexity index is 491. The van der Waals surface area contributed by atoms with Crippen LogP contribution < -0.4 is 10.1 Å². The molecule has 1 aromatic heterocycles. The minimum Gasteiger partial charge on any atom is -0.497 e. The highest BCUT2D eigenvalue weighted by molar-refractivity contribution is 5.94. The van der Waals surface area contributed by atoms with Gasteiger partial charge in [-0.15, -0.1) is 0 Å². The summed E-state index contributed by atoms with van der Waals surface area (Å²) in [5, 5.41) is 2.81. The molecule has 1 aromatic carbocycles. The average molecular weight is 246 g/mol. The van der Waals surface area contributed by atoms with Crippen LogP contribution in [0.3, 0.4) is 0 Å². The van der Waals surface area contributed by atoms with Crippen LogP contribution >= 0.6 is 0 Å². The van der Waals surface area contributed by atoms with Crippen molar-refractivity contribution in [1.82, 2.24) is 10.3 Å². The molecule has 0 fully saturated rings. The zero-order valence-electron chi connectivity index (χ0n) is 10.1. The van der Waals surface area contributed by atoms with Crippen molar-refractivity contribution >= 4 is 5.91 Å². The summed E-state index contributed by atoms with van der Waals surface area (Å²) in [7, 11) is 1.59. The van der Waals surface area contributed by atoms with Crippen molar-refractivity contribution in [3.05, 3.63) is 48.2 Å². The highest BCUT2D eigenvalue weighted by atomic mass is 16.5. The van der Waals surface area contributed by atoms with Crippen molar-refractivity contribution in [2.45, 2.75) is 6.42 Å². The molecule has 1 heterocycles. The fraction of sp³-hybridized carbons (Fsp3) is 0.231. The molecule has 2 rings (SSSR count). The van der Waals surface area contributed by atoms with Crippen LogP contribution in [0.1, 0.15) is 16.1 Å². The van der Waals surface area contributed by atoms with Crippen LogP contribution in [0.25, 0.3) is 0 Å². The van der Waals surface area contributed by atoms with Gasteiger partial charge in [-0.1, -0.05) is 0 Å². The number of ether oxygens (including phenoxy) is 1. The van der Waals surface area contributed by atoms with Crippen molar-refractivity contribution < 1.29 is 13.9 Å². The summed E-state index contributed by atoms with van der Waals surface area (Å²) >= 11 is 0. The zero-order chi connectivity index (χ0) is 12.8. The number of carbonyl (C=O) groups is 1. The smallest absolute Gasteiger partial charge is 0.251 e. The Hall–Kier alpha value is -2.30. The largest absolute Gasteiger partial charge is 0.497 e. The first-order valence-electron chi connectivity index (χ1n) is 5.59. The summed E-state index contributed by atoms with van der Waals surface area (Å²) < 4.78 is 9.87. The van der Waals surface area contributed by atoms with Gasteiger partial charge in [0.15, 0.2) is 6.39 Å². The van der Waals surface area contributed by atoms with Gasteiger partial charge in [-0.25, -0.2) is 4.98 Å². The third-order valence-corrected chi connectivity index (χ3v) is 2.50. The van der Waals surface area contributed by atoms with Gasteiger partial charge in [-0.3, -0.25) is 4.79 Å². The molecule has 0 spiro atoms. The van der Waals surface area contributed by atoms with E-state index in [1.165, 1.54) is 6.39 Å². The summed E-state index contributed by atoms with van der Waals surface area (Å²) in [6.45, 7) is 0.525. The average Bonchev–Trinajstić information content (AvgIpc) is 2.92. The number of rotatable bonds is 5. The fourth-order valence-electron chi connectivity index (χ4n) is 1.51. The second kappa shape index (κ2) is 5.86. The Kier molecular flexibility index (Phi) is 3.96. The monoisotopic (exact) mass is 246 g/mol. The van der Waals surface area contributed by atoms with Gasteiger partial charge in [0, 0.05) is 18.5 Å². The van der Waals surface area contributed by atoms with Crippen LogP contribution in [0.2, 0.25) is 0 Å². The maximum Gasteiger partial charge on any atom is 0.251 e. The normalized spacial score (nSPS) is 10.1. The van der Waals surface area contributed by atoms with E-state index in [2.05, 4.69) is 10.3 Å². The molecule has 0 atom stereocenters. The number of hydrogen-bond acceptors (Lipinski definition) is 4. The van der Waals surface area contributed by atoms with Gasteiger partial charge in [0.05, 0.1) is 12.8 Å². The Morgan fingerprint density at radius 3 is 2.78 bits per heavy atom. The van der Waals surface area contributed by atoms with E-state index in [9.17, 15) is 4.79 Å². The van der Waals surface area contributed by atoms with Crippen molar-refractivity contribution in [2.75, 3.05) is 13.7 Å². The molecule has 94 valence electrons. The van der Waals surface area contributed by atoms with Crippen molar-refractivity contribution in [3.8, 4) is 5.75 Å². The van der Waals surface area contributed by atoms with Gasteiger partial charge >= 0.3 is 0 Å². The van der Waals surface area contributed by atoms with Crippen molar-refractivity contribution in [3.63, 3.8) is 0 Å². The Morgan fingerprint density at radius 2 is 2.17 bits per heavy atom. The first kappa shape index (κ1) is 12.2. The number of oxazole rings is 1. The summed E-state index contributed by atoms with van der Waals surface area (Å²) in [6.07, 6.45) is 3.60. The number of methoxy groups -OCH3 is 1. The molecule has 1 amide bonds. The van der Waals surface area contributed by atoms with Gasteiger partial charge in [-0.05, 0) is 24.3 Å². The van der Waals surface area contributed by atoms with Gasteiger partial charge < -0.3 is 14.5 Å². The number of benzene rings is 1. The molecule has 2 aromatic rings. The number of amides is 1. The van der Waals surface area contributed by atoms with Crippen molar-refractivity contribution in [1.29, 1.82) is 0 Å². The van der Waals surface area contributed by atoms with E-state index in [1.807, 2.05) is 0 Å². The second-order valence-corrected chi connectivity index (χ2v) is 3.71. The predicted octanol–water partition coefficient (Wildman–Crippen LogP) is 1.66. The van der Waals surface area contributed by atoms with Gasteiger partial charge in [0.1, 0.15) is 12.0 Å². The standard InChI is InChI=1S/C13H14N2O3/c1-17-12-4-2-10(3-5-12)13(16)14-7-6-11-8-18-9-15-11/h2-5,8-9H,6-7H2,1H3,(H,14,16). The maximum atomic E-state index is 11.8. The molecule has 5 nitrogen and oxygen atoms in total. The van der Waals surface area contributed by atoms with Crippen molar-refractivity contribution in [2.24, 2.45) is 0 Å². The van der Waals surface area contributed by atoms with Gasteiger partial charge in [0.25, 0.3) is 5.91 Å². The van der Waals surface area contributed by atoms with E-state index in [-0.39, 0.29) is 5.91 Å². The van der Waals surface area contributed by atoms with E-state index in [4.69, 9.17) is 9.15 Å². The summed E-state index contributed by atoms with van der Waals surface area (Å²) in [5.74, 6) is 0.621. The molecule has 0 aliphatic heterocycles. The van der Waals surface area contributed by atoms with Crippen LogP contribution in [0, 0.1) is 0 Å². The number of nitrogens with zero attached hydrogens (tertiary/aromatic N) is 1. The Labute approximate surface area is 105 Å². The number of aromatic nitrogens is 1. The molecule has 0 saturated carbocycles. The lowest BCUT2D eigenvalue weighted by Crippen LogP contribution is -2.25. The molecule has 0 unspecified atom stereocenters. The van der Waals surface area contributed by atoms with Crippen LogP contribution in [0.5, 0.6) is 5.75 Å². The van der Waals surface area contributed by atoms with Gasteiger partial charge in [0.2, 0.25) is 0 Å². The third kappa shape index (κ3) is 3.10. The van der Waals surface area contributed by atoms with E-state index >= 15 is 0 Å². The molecule has 1 N–H and O–H groups in total. The summed E-state index contributed by atoms with van der Waals surface area (Å²) in [4.78, 5) is 15.8. The zero-order valence-corrected chi connectivity index (χ0v) is 10.1. The molecule has 0 radical (unpaired) electrons. The SMILES string of the molecule is COc1ccc(C(=O)NCCc2cocn2)cc1. The first-order valence-corrected chi connectivity index (χ1v) is 5.59. The molecule has 0 saturated heterocycles. The highest BCUT2D eigenvalue weighted by Gasteiger charge is 2.05. The number of carbonyl (C=O) groups excluding carboxylic acids is 1. The number of hydrogen-bond donors (Lipinski definition) is 1. The van der Waals surface area contributed by atoms with E-state index in [1.54, 1.807) is 37.6 Å². The predicted molar refractivity (Wildman–Crippen MR) is 65.5 cm³/mol. The summed E-state index contributed by atoms with van der Waals surface area (Å²) in [6, 6.07) is 6.97. The van der Waals surface area contributed by atoms with Gasteiger partial charge in [-0.2, -0.15) is 0 Å². The van der Waals surface area contributed by atoms with E-state index in [0.29, 0.717) is 18.5 Å². The second-order valence-electron chi connectivity index (χ2n) is 3.71. The van der Waals surface area contributed by atoms with E-state index in [0.717, 1.165) is 11.4 Å². The fourth-order valence-corrected chi connectivity index (χ4v) is 1.51. The lowest BCUT2D eigenvalue weighted by atomic mass is 10.2. The highest BCUT2D eigenvalue weighted by Crippen LogP contribution is 2.10. The number of nitrogens with one attached hydrogen (secondary N) is 1. The lowest BCUT2D eigenvalue weighted by Gasteiger charge is -2.05. The quantitative estimate of drug-likeness (QED) is 0.871. The molecular weight excluding hydrogens is 232 g/mol. The van der Waals surface area contributed by atoms with Crippen LogP contribution in [0.4, 0.5) is 0 Å². The summed E-state index contributed by atoms with van der Waals surface area (Å²) in [5.41, 5.74) is 1.43. The molecular formula is C13H14N2O3. The third-order valence-electron chi connectivity index (χ3n) is 2.50. The topological polar surface area (TPSA) is 64.4 Å². The first-order chi connectivity index (χ1) is 8.79.